The van der Waals surface area contributed by atoms with Crippen LogP contribution >= 0.6 is 0 Å². The molecule has 0 aromatic heterocycles. The molecule has 1 aliphatic heterocycles. The van der Waals surface area contributed by atoms with Crippen molar-refractivity contribution >= 4 is 0 Å². The highest BCUT2D eigenvalue weighted by Crippen LogP contribution is 2.10. The zero-order valence-electron chi connectivity index (χ0n) is 10.4. The van der Waals surface area contributed by atoms with Gasteiger partial charge in [0.25, 0.3) is 0 Å². The summed E-state index contributed by atoms with van der Waals surface area (Å²) in [5.74, 6) is 0. The predicted molar refractivity (Wildman–Crippen MR) is 64.2 cm³/mol. The lowest BCUT2D eigenvalue weighted by Crippen LogP contribution is -2.37. The van der Waals surface area contributed by atoms with Crippen molar-refractivity contribution in [3.8, 4) is 0 Å². The van der Waals surface area contributed by atoms with Crippen molar-refractivity contribution in [2.75, 3.05) is 26.2 Å². The van der Waals surface area contributed by atoms with Crippen LogP contribution in [0.3, 0.4) is 0 Å². The standard InChI is InChI=1S/C12H26N2O/c1-12(2,3)14-8-5-7-13-10-11-6-4-9-15-11/h11,13-14H,4-10H2,1-3H3. The Morgan fingerprint density at radius 3 is 2.67 bits per heavy atom. The van der Waals surface area contributed by atoms with Gasteiger partial charge in [0.2, 0.25) is 0 Å². The molecular weight excluding hydrogens is 188 g/mol. The number of hydrogen-bond donors (Lipinski definition) is 2. The summed E-state index contributed by atoms with van der Waals surface area (Å²) in [6.45, 7) is 10.8. The van der Waals surface area contributed by atoms with Crippen LogP contribution in [0.1, 0.15) is 40.0 Å². The first-order valence-corrected chi connectivity index (χ1v) is 6.15. The molecule has 1 atom stereocenters. The fraction of sp³-hybridized carbons (Fsp3) is 1.00. The summed E-state index contributed by atoms with van der Waals surface area (Å²) in [7, 11) is 0. The van der Waals surface area contributed by atoms with Crippen molar-refractivity contribution in [1.29, 1.82) is 0 Å². The summed E-state index contributed by atoms with van der Waals surface area (Å²) in [6, 6.07) is 0. The molecule has 0 spiro atoms. The van der Waals surface area contributed by atoms with E-state index < -0.39 is 0 Å². The fourth-order valence-corrected chi connectivity index (χ4v) is 1.75. The minimum atomic E-state index is 0.245. The van der Waals surface area contributed by atoms with E-state index in [-0.39, 0.29) is 5.54 Å². The quantitative estimate of drug-likeness (QED) is 0.658. The summed E-state index contributed by atoms with van der Waals surface area (Å²) in [6.07, 6.45) is 4.12. The van der Waals surface area contributed by atoms with E-state index in [1.807, 2.05) is 0 Å². The van der Waals surface area contributed by atoms with E-state index in [1.54, 1.807) is 0 Å². The molecule has 15 heavy (non-hydrogen) atoms. The number of hydrogen-bond acceptors (Lipinski definition) is 3. The van der Waals surface area contributed by atoms with Gasteiger partial charge in [0.1, 0.15) is 0 Å². The van der Waals surface area contributed by atoms with Crippen molar-refractivity contribution in [1.82, 2.24) is 10.6 Å². The van der Waals surface area contributed by atoms with Gasteiger partial charge in [0.05, 0.1) is 6.10 Å². The van der Waals surface area contributed by atoms with Crippen molar-refractivity contribution in [3.63, 3.8) is 0 Å². The highest BCUT2D eigenvalue weighted by atomic mass is 16.5. The summed E-state index contributed by atoms with van der Waals surface area (Å²) >= 11 is 0. The molecule has 1 aliphatic rings. The normalized spacial score (nSPS) is 22.2. The Bertz CT molecular complexity index is 159. The van der Waals surface area contributed by atoms with Crippen molar-refractivity contribution < 1.29 is 4.74 Å². The molecule has 0 aliphatic carbocycles. The molecule has 1 heterocycles. The zero-order valence-corrected chi connectivity index (χ0v) is 10.4. The van der Waals surface area contributed by atoms with Crippen molar-refractivity contribution in [3.05, 3.63) is 0 Å². The van der Waals surface area contributed by atoms with Gasteiger partial charge >= 0.3 is 0 Å². The smallest absolute Gasteiger partial charge is 0.0700 e. The summed E-state index contributed by atoms with van der Waals surface area (Å²) in [5, 5.41) is 6.93. The molecule has 2 N–H and O–H groups in total. The lowest BCUT2D eigenvalue weighted by Gasteiger charge is -2.20. The van der Waals surface area contributed by atoms with Gasteiger partial charge in [-0.05, 0) is 53.1 Å². The molecular formula is C12H26N2O. The zero-order chi connectivity index (χ0) is 11.1. The van der Waals surface area contributed by atoms with Crippen molar-refractivity contribution in [2.24, 2.45) is 0 Å². The van der Waals surface area contributed by atoms with E-state index in [0.29, 0.717) is 6.10 Å². The molecule has 0 aromatic carbocycles. The summed E-state index contributed by atoms with van der Waals surface area (Å²) < 4.78 is 5.54. The van der Waals surface area contributed by atoms with Crippen LogP contribution in [0.2, 0.25) is 0 Å². The highest BCUT2D eigenvalue weighted by molar-refractivity contribution is 4.71. The molecule has 0 radical (unpaired) electrons. The molecule has 90 valence electrons. The predicted octanol–water partition coefficient (Wildman–Crippen LogP) is 1.53. The van der Waals surface area contributed by atoms with E-state index in [0.717, 1.165) is 26.2 Å². The topological polar surface area (TPSA) is 33.3 Å². The Kier molecular flexibility index (Phi) is 5.58. The molecule has 0 saturated carbocycles. The van der Waals surface area contributed by atoms with Crippen LogP contribution < -0.4 is 10.6 Å². The molecule has 0 bridgehead atoms. The maximum Gasteiger partial charge on any atom is 0.0700 e. The van der Waals surface area contributed by atoms with Crippen LogP contribution in [-0.4, -0.2) is 37.9 Å². The van der Waals surface area contributed by atoms with Gasteiger partial charge in [-0.25, -0.2) is 0 Å². The van der Waals surface area contributed by atoms with Gasteiger partial charge in [0, 0.05) is 18.7 Å². The Hall–Kier alpha value is -0.120. The van der Waals surface area contributed by atoms with E-state index in [2.05, 4.69) is 31.4 Å². The molecule has 1 rings (SSSR count). The van der Waals surface area contributed by atoms with Crippen LogP contribution in [0, 0.1) is 0 Å². The molecule has 3 heteroatoms. The van der Waals surface area contributed by atoms with Crippen LogP contribution in [0.4, 0.5) is 0 Å². The lowest BCUT2D eigenvalue weighted by atomic mass is 10.1. The molecule has 1 saturated heterocycles. The first-order valence-electron chi connectivity index (χ1n) is 6.15. The number of ether oxygens (including phenoxy) is 1. The summed E-state index contributed by atoms with van der Waals surface area (Å²) in [4.78, 5) is 0. The van der Waals surface area contributed by atoms with Gasteiger partial charge in [-0.1, -0.05) is 0 Å². The Balaban J connectivity index is 1.84. The molecule has 0 aromatic rings. The minimum Gasteiger partial charge on any atom is -0.377 e. The largest absolute Gasteiger partial charge is 0.377 e. The maximum absolute atomic E-state index is 5.54. The second-order valence-electron chi connectivity index (χ2n) is 5.37. The van der Waals surface area contributed by atoms with Crippen molar-refractivity contribution in [2.45, 2.75) is 51.7 Å². The van der Waals surface area contributed by atoms with E-state index in [4.69, 9.17) is 4.74 Å². The average molecular weight is 214 g/mol. The SMILES string of the molecule is CC(C)(C)NCCCNCC1CCCO1. The van der Waals surface area contributed by atoms with Crippen LogP contribution in [0.15, 0.2) is 0 Å². The minimum absolute atomic E-state index is 0.245. The van der Waals surface area contributed by atoms with E-state index in [9.17, 15) is 0 Å². The molecule has 1 fully saturated rings. The van der Waals surface area contributed by atoms with Gasteiger partial charge in [0.15, 0.2) is 0 Å². The highest BCUT2D eigenvalue weighted by Gasteiger charge is 2.14. The van der Waals surface area contributed by atoms with Gasteiger partial charge in [-0.3, -0.25) is 0 Å². The first kappa shape index (κ1) is 12.9. The fourth-order valence-electron chi connectivity index (χ4n) is 1.75. The van der Waals surface area contributed by atoms with Crippen LogP contribution in [0.25, 0.3) is 0 Å². The van der Waals surface area contributed by atoms with Crippen LogP contribution in [-0.2, 0) is 4.74 Å². The van der Waals surface area contributed by atoms with Gasteiger partial charge in [-0.15, -0.1) is 0 Å². The second kappa shape index (κ2) is 6.46. The molecule has 0 amide bonds. The third kappa shape index (κ3) is 6.88. The summed E-state index contributed by atoms with van der Waals surface area (Å²) in [5.41, 5.74) is 0.245. The number of nitrogens with one attached hydrogen (secondary N) is 2. The lowest BCUT2D eigenvalue weighted by molar-refractivity contribution is 0.110. The van der Waals surface area contributed by atoms with E-state index >= 15 is 0 Å². The molecule has 3 nitrogen and oxygen atoms in total. The molecule has 1 unspecified atom stereocenters. The Labute approximate surface area is 94.0 Å². The average Bonchev–Trinajstić information content (AvgIpc) is 2.61. The van der Waals surface area contributed by atoms with Gasteiger partial charge < -0.3 is 15.4 Å². The third-order valence-corrected chi connectivity index (χ3v) is 2.58. The first-order chi connectivity index (χ1) is 7.08. The van der Waals surface area contributed by atoms with Crippen LogP contribution in [0.5, 0.6) is 0 Å². The Morgan fingerprint density at radius 1 is 1.27 bits per heavy atom. The Morgan fingerprint density at radius 2 is 2.07 bits per heavy atom. The van der Waals surface area contributed by atoms with E-state index in [1.165, 1.54) is 19.3 Å². The third-order valence-electron chi connectivity index (χ3n) is 2.58. The monoisotopic (exact) mass is 214 g/mol. The second-order valence-corrected chi connectivity index (χ2v) is 5.37. The maximum atomic E-state index is 5.54. The van der Waals surface area contributed by atoms with Gasteiger partial charge in [-0.2, -0.15) is 0 Å². The number of rotatable bonds is 6.